The molecule has 2 amide bonds. The molecule has 0 aromatic heterocycles. The third-order valence-corrected chi connectivity index (χ3v) is 8.20. The van der Waals surface area contributed by atoms with Crippen LogP contribution in [-0.4, -0.2) is 50.5 Å². The van der Waals surface area contributed by atoms with Gasteiger partial charge in [-0.25, -0.2) is 8.42 Å². The molecule has 41 heavy (non-hydrogen) atoms. The topological polar surface area (TPSA) is 96.0 Å². The van der Waals surface area contributed by atoms with Gasteiger partial charge in [0.25, 0.3) is 0 Å². The van der Waals surface area contributed by atoms with Gasteiger partial charge in [-0.15, -0.1) is 0 Å². The second-order valence-electron chi connectivity index (χ2n) is 9.52. The van der Waals surface area contributed by atoms with Crippen LogP contribution in [0.2, 0.25) is 10.0 Å². The molecule has 8 nitrogen and oxygen atoms in total. The van der Waals surface area contributed by atoms with Crippen molar-refractivity contribution in [2.24, 2.45) is 0 Å². The normalized spacial score (nSPS) is 11.9. The van der Waals surface area contributed by atoms with E-state index < -0.39 is 28.5 Å². The Morgan fingerprint density at radius 3 is 2.20 bits per heavy atom. The molecule has 0 radical (unpaired) electrons. The Labute approximate surface area is 252 Å². The fourth-order valence-corrected chi connectivity index (χ4v) is 5.35. The minimum absolute atomic E-state index is 0.0393. The van der Waals surface area contributed by atoms with Crippen molar-refractivity contribution in [2.45, 2.75) is 45.9 Å². The highest BCUT2D eigenvalue weighted by Crippen LogP contribution is 2.26. The first-order valence-corrected chi connectivity index (χ1v) is 15.9. The largest absolute Gasteiger partial charge is 0.489 e. The second kappa shape index (κ2) is 15.1. The monoisotopic (exact) mass is 619 g/mol. The highest BCUT2D eigenvalue weighted by atomic mass is 35.5. The first-order chi connectivity index (χ1) is 19.5. The molecule has 11 heteroatoms. The maximum absolute atomic E-state index is 13.8. The SMILES string of the molecule is CCCNC(=O)C(CC)N(Cc1ccc(Cl)c(Cl)c1)C(=O)CN(c1ccc(OCc2ccccc2)cc1)S(C)(=O)=O. The number of sulfonamides is 1. The summed E-state index contributed by atoms with van der Waals surface area (Å²) in [6.45, 7) is 4.09. The number of benzene rings is 3. The summed E-state index contributed by atoms with van der Waals surface area (Å²) >= 11 is 12.3. The van der Waals surface area contributed by atoms with E-state index in [1.165, 1.54) is 4.90 Å². The number of carbonyl (C=O) groups excluding carboxylic acids is 2. The van der Waals surface area contributed by atoms with Crippen LogP contribution in [0, 0.1) is 0 Å². The van der Waals surface area contributed by atoms with E-state index in [0.29, 0.717) is 46.6 Å². The van der Waals surface area contributed by atoms with E-state index in [1.807, 2.05) is 37.3 Å². The van der Waals surface area contributed by atoms with Gasteiger partial charge in [-0.2, -0.15) is 0 Å². The van der Waals surface area contributed by atoms with E-state index in [4.69, 9.17) is 27.9 Å². The molecule has 0 heterocycles. The van der Waals surface area contributed by atoms with Crippen LogP contribution >= 0.6 is 23.2 Å². The van der Waals surface area contributed by atoms with Crippen molar-refractivity contribution in [1.29, 1.82) is 0 Å². The van der Waals surface area contributed by atoms with Gasteiger partial charge in [-0.1, -0.05) is 73.4 Å². The summed E-state index contributed by atoms with van der Waals surface area (Å²) in [5.74, 6) is -0.296. The number of rotatable bonds is 14. The van der Waals surface area contributed by atoms with Crippen LogP contribution in [0.4, 0.5) is 5.69 Å². The quantitative estimate of drug-likeness (QED) is 0.251. The van der Waals surface area contributed by atoms with Crippen LogP contribution < -0.4 is 14.4 Å². The average molecular weight is 621 g/mol. The summed E-state index contributed by atoms with van der Waals surface area (Å²) in [6.07, 6.45) is 2.10. The minimum atomic E-state index is -3.86. The zero-order valence-corrected chi connectivity index (χ0v) is 25.7. The number of halogens is 2. The molecule has 3 aromatic rings. The number of nitrogens with zero attached hydrogens (tertiary/aromatic N) is 2. The fourth-order valence-electron chi connectivity index (χ4n) is 4.18. The first-order valence-electron chi connectivity index (χ1n) is 13.3. The second-order valence-corrected chi connectivity index (χ2v) is 12.2. The minimum Gasteiger partial charge on any atom is -0.489 e. The number of carbonyl (C=O) groups is 2. The Balaban J connectivity index is 1.86. The van der Waals surface area contributed by atoms with Gasteiger partial charge in [-0.3, -0.25) is 13.9 Å². The first kappa shape index (κ1) is 32.2. The number of anilines is 1. The molecule has 0 aliphatic carbocycles. The Hall–Kier alpha value is -3.27. The lowest BCUT2D eigenvalue weighted by Gasteiger charge is -2.33. The number of amides is 2. The van der Waals surface area contributed by atoms with Gasteiger partial charge in [0.2, 0.25) is 21.8 Å². The van der Waals surface area contributed by atoms with Gasteiger partial charge in [0, 0.05) is 13.1 Å². The zero-order chi connectivity index (χ0) is 30.0. The summed E-state index contributed by atoms with van der Waals surface area (Å²) in [4.78, 5) is 28.2. The van der Waals surface area contributed by atoms with Crippen LogP contribution in [0.15, 0.2) is 72.8 Å². The molecular formula is C30H35Cl2N3O5S. The highest BCUT2D eigenvalue weighted by molar-refractivity contribution is 7.92. The molecular weight excluding hydrogens is 585 g/mol. The number of hydrogen-bond donors (Lipinski definition) is 1. The molecule has 0 aliphatic rings. The lowest BCUT2D eigenvalue weighted by atomic mass is 10.1. The molecule has 0 bridgehead atoms. The smallest absolute Gasteiger partial charge is 0.244 e. The third kappa shape index (κ3) is 9.38. The highest BCUT2D eigenvalue weighted by Gasteiger charge is 2.31. The lowest BCUT2D eigenvalue weighted by molar-refractivity contribution is -0.140. The van der Waals surface area contributed by atoms with Crippen molar-refractivity contribution >= 4 is 50.7 Å². The number of hydrogen-bond acceptors (Lipinski definition) is 5. The molecule has 1 atom stereocenters. The van der Waals surface area contributed by atoms with Crippen molar-refractivity contribution in [2.75, 3.05) is 23.7 Å². The van der Waals surface area contributed by atoms with Crippen LogP contribution in [0.25, 0.3) is 0 Å². The molecule has 3 rings (SSSR count). The van der Waals surface area contributed by atoms with Crippen molar-refractivity contribution in [3.63, 3.8) is 0 Å². The van der Waals surface area contributed by atoms with E-state index in [9.17, 15) is 18.0 Å². The predicted molar refractivity (Wildman–Crippen MR) is 164 cm³/mol. The predicted octanol–water partition coefficient (Wildman–Crippen LogP) is 5.67. The average Bonchev–Trinajstić information content (AvgIpc) is 2.95. The molecule has 0 aliphatic heterocycles. The maximum atomic E-state index is 13.8. The third-order valence-electron chi connectivity index (χ3n) is 6.32. The van der Waals surface area contributed by atoms with Crippen LogP contribution in [0.5, 0.6) is 5.75 Å². The van der Waals surface area contributed by atoms with Crippen LogP contribution in [0.3, 0.4) is 0 Å². The van der Waals surface area contributed by atoms with Crippen molar-refractivity contribution < 1.29 is 22.7 Å². The Bertz CT molecular complexity index is 1420. The molecule has 0 saturated heterocycles. The molecule has 1 N–H and O–H groups in total. The van der Waals surface area contributed by atoms with Gasteiger partial charge < -0.3 is 15.0 Å². The molecule has 0 spiro atoms. The van der Waals surface area contributed by atoms with E-state index in [0.717, 1.165) is 22.5 Å². The van der Waals surface area contributed by atoms with E-state index in [2.05, 4.69) is 5.32 Å². The summed E-state index contributed by atoms with van der Waals surface area (Å²) in [7, 11) is -3.86. The lowest BCUT2D eigenvalue weighted by Crippen LogP contribution is -2.52. The Kier molecular flexibility index (Phi) is 11.9. The summed E-state index contributed by atoms with van der Waals surface area (Å²) in [5, 5.41) is 3.52. The summed E-state index contributed by atoms with van der Waals surface area (Å²) < 4.78 is 32.5. The number of ether oxygens (including phenoxy) is 1. The number of nitrogens with one attached hydrogen (secondary N) is 1. The van der Waals surface area contributed by atoms with Crippen molar-refractivity contribution in [1.82, 2.24) is 10.2 Å². The molecule has 3 aromatic carbocycles. The maximum Gasteiger partial charge on any atom is 0.244 e. The molecule has 0 saturated carbocycles. The summed E-state index contributed by atoms with van der Waals surface area (Å²) in [6, 6.07) is 20.3. The van der Waals surface area contributed by atoms with Crippen LogP contribution in [0.1, 0.15) is 37.8 Å². The van der Waals surface area contributed by atoms with Crippen LogP contribution in [-0.2, 0) is 32.8 Å². The van der Waals surface area contributed by atoms with E-state index >= 15 is 0 Å². The Morgan fingerprint density at radius 1 is 0.927 bits per heavy atom. The summed E-state index contributed by atoms with van der Waals surface area (Å²) in [5.41, 5.74) is 1.95. The fraction of sp³-hybridized carbons (Fsp3) is 0.333. The molecule has 220 valence electrons. The van der Waals surface area contributed by atoms with E-state index in [-0.39, 0.29) is 12.5 Å². The van der Waals surface area contributed by atoms with Crippen molar-refractivity contribution in [3.05, 3.63) is 94.0 Å². The van der Waals surface area contributed by atoms with E-state index in [1.54, 1.807) is 49.4 Å². The zero-order valence-electron chi connectivity index (χ0n) is 23.3. The van der Waals surface area contributed by atoms with Gasteiger partial charge >= 0.3 is 0 Å². The molecule has 0 fully saturated rings. The van der Waals surface area contributed by atoms with Crippen molar-refractivity contribution in [3.8, 4) is 5.75 Å². The standard InChI is InChI=1S/C30H35Cl2N3O5S/c1-4-17-33-30(37)28(5-2)34(19-23-11-16-26(31)27(32)18-23)29(36)20-35(41(3,38)39)24-12-14-25(15-13-24)40-21-22-9-7-6-8-10-22/h6-16,18,28H,4-5,17,19-21H2,1-3H3,(H,33,37). The van der Waals surface area contributed by atoms with Gasteiger partial charge in [0.15, 0.2) is 0 Å². The Morgan fingerprint density at radius 2 is 1.61 bits per heavy atom. The van der Waals surface area contributed by atoms with Gasteiger partial charge in [-0.05, 0) is 60.4 Å². The van der Waals surface area contributed by atoms with Gasteiger partial charge in [0.05, 0.1) is 22.0 Å². The van der Waals surface area contributed by atoms with Gasteiger partial charge in [0.1, 0.15) is 24.9 Å². The molecule has 1 unspecified atom stereocenters.